The molecule has 1 amide bonds. The van der Waals surface area contributed by atoms with Gasteiger partial charge in [-0.05, 0) is 50.5 Å². The Morgan fingerprint density at radius 2 is 1.82 bits per heavy atom. The van der Waals surface area contributed by atoms with Gasteiger partial charge in [0.2, 0.25) is 0 Å². The number of hydrogen-bond donors (Lipinski definition) is 0. The fourth-order valence-electron chi connectivity index (χ4n) is 3.42. The summed E-state index contributed by atoms with van der Waals surface area (Å²) >= 11 is 0. The molecule has 0 aliphatic carbocycles. The van der Waals surface area contributed by atoms with Crippen LogP contribution in [0.15, 0.2) is 48.5 Å². The van der Waals surface area contributed by atoms with Crippen molar-refractivity contribution in [2.45, 2.75) is 39.3 Å². The van der Waals surface area contributed by atoms with Crippen LogP contribution in [0.25, 0.3) is 0 Å². The number of amides is 1. The van der Waals surface area contributed by atoms with E-state index < -0.39 is 0 Å². The first-order valence-electron chi connectivity index (χ1n) is 10.1. The van der Waals surface area contributed by atoms with Gasteiger partial charge in [0, 0.05) is 25.3 Å². The van der Waals surface area contributed by atoms with Crippen molar-refractivity contribution >= 4 is 5.91 Å². The topological polar surface area (TPSA) is 48.0 Å². The van der Waals surface area contributed by atoms with Gasteiger partial charge in [-0.25, -0.2) is 0 Å². The van der Waals surface area contributed by atoms with Crippen LogP contribution in [-0.4, -0.2) is 43.3 Å². The van der Waals surface area contributed by atoms with Gasteiger partial charge in [-0.3, -0.25) is 4.79 Å². The van der Waals surface area contributed by atoms with Crippen LogP contribution in [0.4, 0.5) is 0 Å². The van der Waals surface area contributed by atoms with Crippen LogP contribution >= 0.6 is 0 Å². The highest BCUT2D eigenvalue weighted by Crippen LogP contribution is 2.29. The van der Waals surface area contributed by atoms with E-state index >= 15 is 0 Å². The van der Waals surface area contributed by atoms with Crippen LogP contribution in [0.3, 0.4) is 0 Å². The molecule has 1 aliphatic heterocycles. The highest BCUT2D eigenvalue weighted by Gasteiger charge is 2.24. The second-order valence-electron chi connectivity index (χ2n) is 6.83. The molecule has 28 heavy (non-hydrogen) atoms. The smallest absolute Gasteiger partial charge is 0.254 e. The lowest BCUT2D eigenvalue weighted by Crippen LogP contribution is -2.37. The zero-order valence-electron chi connectivity index (χ0n) is 16.7. The van der Waals surface area contributed by atoms with E-state index in [9.17, 15) is 4.79 Å². The summed E-state index contributed by atoms with van der Waals surface area (Å²) in [4.78, 5) is 15.2. The molecule has 2 aromatic carbocycles. The zero-order valence-corrected chi connectivity index (χ0v) is 16.7. The van der Waals surface area contributed by atoms with Gasteiger partial charge in [0.1, 0.15) is 0 Å². The molecule has 0 N–H and O–H groups in total. The van der Waals surface area contributed by atoms with Crippen molar-refractivity contribution in [1.82, 2.24) is 4.90 Å². The number of carbonyl (C=O) groups is 1. The van der Waals surface area contributed by atoms with Gasteiger partial charge in [0.05, 0.1) is 19.3 Å². The van der Waals surface area contributed by atoms with Crippen molar-refractivity contribution in [3.8, 4) is 11.5 Å². The van der Waals surface area contributed by atoms with Gasteiger partial charge in [-0.1, -0.05) is 30.3 Å². The average Bonchev–Trinajstić information content (AvgIpc) is 3.22. The van der Waals surface area contributed by atoms with E-state index in [1.54, 1.807) is 6.07 Å². The molecule has 2 aromatic rings. The van der Waals surface area contributed by atoms with Crippen LogP contribution in [-0.2, 0) is 11.3 Å². The predicted octanol–water partition coefficient (Wildman–Crippen LogP) is 4.31. The summed E-state index contributed by atoms with van der Waals surface area (Å²) in [5, 5.41) is 0. The van der Waals surface area contributed by atoms with Gasteiger partial charge in [0.25, 0.3) is 5.91 Å². The maximum atomic E-state index is 13.3. The highest BCUT2D eigenvalue weighted by atomic mass is 16.5. The molecule has 1 atom stereocenters. The van der Waals surface area contributed by atoms with Gasteiger partial charge in [-0.15, -0.1) is 0 Å². The lowest BCUT2D eigenvalue weighted by atomic mass is 10.1. The molecule has 0 saturated carbocycles. The molecule has 150 valence electrons. The summed E-state index contributed by atoms with van der Waals surface area (Å²) in [7, 11) is 0. The average molecular weight is 383 g/mol. The second-order valence-corrected chi connectivity index (χ2v) is 6.83. The molecule has 5 heteroatoms. The van der Waals surface area contributed by atoms with E-state index in [0.29, 0.717) is 43.4 Å². The summed E-state index contributed by atoms with van der Waals surface area (Å²) in [5.41, 5.74) is 1.70. The molecule has 0 bridgehead atoms. The standard InChI is InChI=1S/C23H29NO4/c1-3-26-21-13-12-19(15-22(21)27-4-2)23(25)24(17-20-11-8-14-28-20)16-18-9-6-5-7-10-18/h5-7,9-10,12-13,15,20H,3-4,8,11,14,16-17H2,1-2H3. The van der Waals surface area contributed by atoms with E-state index in [0.717, 1.165) is 25.0 Å². The third-order valence-corrected chi connectivity index (χ3v) is 4.74. The lowest BCUT2D eigenvalue weighted by Gasteiger charge is -2.26. The fraction of sp³-hybridized carbons (Fsp3) is 0.435. The van der Waals surface area contributed by atoms with Crippen molar-refractivity contribution in [1.29, 1.82) is 0 Å². The lowest BCUT2D eigenvalue weighted by molar-refractivity contribution is 0.0507. The molecular weight excluding hydrogens is 354 g/mol. The second kappa shape index (κ2) is 10.1. The molecule has 0 spiro atoms. The minimum Gasteiger partial charge on any atom is -0.490 e. The highest BCUT2D eigenvalue weighted by molar-refractivity contribution is 5.95. The first-order valence-corrected chi connectivity index (χ1v) is 10.1. The van der Waals surface area contributed by atoms with Gasteiger partial charge >= 0.3 is 0 Å². The van der Waals surface area contributed by atoms with Gasteiger partial charge in [0.15, 0.2) is 11.5 Å². The number of hydrogen-bond acceptors (Lipinski definition) is 4. The number of carbonyl (C=O) groups excluding carboxylic acids is 1. The minimum absolute atomic E-state index is 0.0247. The third-order valence-electron chi connectivity index (χ3n) is 4.74. The first-order chi connectivity index (χ1) is 13.7. The molecule has 1 unspecified atom stereocenters. The van der Waals surface area contributed by atoms with Crippen LogP contribution in [0.5, 0.6) is 11.5 Å². The quantitative estimate of drug-likeness (QED) is 0.648. The fourth-order valence-corrected chi connectivity index (χ4v) is 3.42. The Morgan fingerprint density at radius 1 is 1.07 bits per heavy atom. The molecular formula is C23H29NO4. The minimum atomic E-state index is -0.0247. The predicted molar refractivity (Wildman–Crippen MR) is 109 cm³/mol. The molecule has 1 heterocycles. The maximum Gasteiger partial charge on any atom is 0.254 e. The van der Waals surface area contributed by atoms with Crippen LogP contribution in [0.1, 0.15) is 42.6 Å². The van der Waals surface area contributed by atoms with Crippen molar-refractivity contribution in [2.24, 2.45) is 0 Å². The molecule has 3 rings (SSSR count). The summed E-state index contributed by atoms with van der Waals surface area (Å²) < 4.78 is 17.1. The van der Waals surface area contributed by atoms with Crippen LogP contribution in [0.2, 0.25) is 0 Å². The normalized spacial score (nSPS) is 16.0. The Morgan fingerprint density at radius 3 is 2.50 bits per heavy atom. The van der Waals surface area contributed by atoms with Crippen molar-refractivity contribution in [2.75, 3.05) is 26.4 Å². The largest absolute Gasteiger partial charge is 0.490 e. The van der Waals surface area contributed by atoms with Crippen LogP contribution < -0.4 is 9.47 Å². The monoisotopic (exact) mass is 383 g/mol. The Hall–Kier alpha value is -2.53. The van der Waals surface area contributed by atoms with Gasteiger partial charge in [-0.2, -0.15) is 0 Å². The molecule has 0 radical (unpaired) electrons. The first kappa shape index (κ1) is 20.2. The molecule has 0 aromatic heterocycles. The summed E-state index contributed by atoms with van der Waals surface area (Å²) in [6.07, 6.45) is 2.14. The summed E-state index contributed by atoms with van der Waals surface area (Å²) in [5.74, 6) is 1.24. The van der Waals surface area contributed by atoms with E-state index in [4.69, 9.17) is 14.2 Å². The number of ether oxygens (including phenoxy) is 3. The SMILES string of the molecule is CCOc1ccc(C(=O)N(Cc2ccccc2)CC2CCCO2)cc1OCC. The summed E-state index contributed by atoms with van der Waals surface area (Å²) in [6.45, 7) is 6.83. The summed E-state index contributed by atoms with van der Waals surface area (Å²) in [6, 6.07) is 15.5. The molecule has 5 nitrogen and oxygen atoms in total. The Kier molecular flexibility index (Phi) is 7.31. The third kappa shape index (κ3) is 5.26. The van der Waals surface area contributed by atoms with Gasteiger partial charge < -0.3 is 19.1 Å². The van der Waals surface area contributed by atoms with Crippen molar-refractivity contribution < 1.29 is 19.0 Å². The van der Waals surface area contributed by atoms with Crippen molar-refractivity contribution in [3.63, 3.8) is 0 Å². The van der Waals surface area contributed by atoms with E-state index in [-0.39, 0.29) is 12.0 Å². The van der Waals surface area contributed by atoms with E-state index in [1.165, 1.54) is 0 Å². The van der Waals surface area contributed by atoms with Crippen LogP contribution in [0, 0.1) is 0 Å². The molecule has 1 fully saturated rings. The number of benzene rings is 2. The zero-order chi connectivity index (χ0) is 19.8. The van der Waals surface area contributed by atoms with Crippen molar-refractivity contribution in [3.05, 3.63) is 59.7 Å². The maximum absolute atomic E-state index is 13.3. The number of rotatable bonds is 9. The van der Waals surface area contributed by atoms with E-state index in [1.807, 2.05) is 61.2 Å². The molecule has 1 saturated heterocycles. The Bertz CT molecular complexity index is 756. The Labute approximate surface area is 167 Å². The Balaban J connectivity index is 1.83. The number of nitrogens with zero attached hydrogens (tertiary/aromatic N) is 1. The van der Waals surface area contributed by atoms with E-state index in [2.05, 4.69) is 0 Å². The molecule has 1 aliphatic rings.